The molecule has 1 unspecified atom stereocenters. The minimum atomic E-state index is -0.634. The molecule has 4 nitrogen and oxygen atoms in total. The number of thiocarbonyl (C=S) groups is 1. The fourth-order valence-electron chi connectivity index (χ4n) is 3.29. The van der Waals surface area contributed by atoms with Crippen molar-refractivity contribution >= 4 is 23.1 Å². The van der Waals surface area contributed by atoms with E-state index in [9.17, 15) is 9.90 Å². The summed E-state index contributed by atoms with van der Waals surface area (Å²) >= 11 is 5.18. The topological polar surface area (TPSA) is 66.6 Å². The Kier molecular flexibility index (Phi) is 4.22. The van der Waals surface area contributed by atoms with E-state index in [4.69, 9.17) is 18.0 Å². The molecule has 1 aliphatic heterocycles. The second kappa shape index (κ2) is 5.53. The number of carbonyl (C=O) groups is 1. The highest BCUT2D eigenvalue weighted by atomic mass is 32.1. The Hall–Kier alpha value is -0.680. The van der Waals surface area contributed by atoms with E-state index in [0.717, 1.165) is 51.5 Å². The molecule has 1 heterocycles. The standard InChI is InChI=1S/C13H22N2O2S/c14-11(18)13(6-2-1-3-7-13)12(17)15-8-4-5-10(15)9-16/h10,16H,1-9H2,(H2,14,18). The number of hydrogen-bond acceptors (Lipinski definition) is 3. The first-order valence-corrected chi connectivity index (χ1v) is 7.24. The molecule has 0 bridgehead atoms. The molecule has 2 rings (SSSR count). The summed E-state index contributed by atoms with van der Waals surface area (Å²) in [6, 6.07) is -0.0364. The van der Waals surface area contributed by atoms with Crippen LogP contribution in [0.1, 0.15) is 44.9 Å². The highest BCUT2D eigenvalue weighted by Gasteiger charge is 2.46. The average Bonchev–Trinajstić information content (AvgIpc) is 2.86. The van der Waals surface area contributed by atoms with E-state index in [2.05, 4.69) is 0 Å². The second-order valence-electron chi connectivity index (χ2n) is 5.48. The molecule has 0 aromatic carbocycles. The lowest BCUT2D eigenvalue weighted by molar-refractivity contribution is -0.141. The largest absolute Gasteiger partial charge is 0.394 e. The van der Waals surface area contributed by atoms with Crippen molar-refractivity contribution in [3.8, 4) is 0 Å². The Bertz CT molecular complexity index is 340. The van der Waals surface area contributed by atoms with Crippen LogP contribution < -0.4 is 5.73 Å². The van der Waals surface area contributed by atoms with Crippen molar-refractivity contribution in [2.75, 3.05) is 13.2 Å². The van der Waals surface area contributed by atoms with Gasteiger partial charge in [0, 0.05) is 6.54 Å². The summed E-state index contributed by atoms with van der Waals surface area (Å²) in [5.41, 5.74) is 5.25. The van der Waals surface area contributed by atoms with Crippen LogP contribution in [0.15, 0.2) is 0 Å². The van der Waals surface area contributed by atoms with Crippen molar-refractivity contribution in [2.24, 2.45) is 11.1 Å². The highest BCUT2D eigenvalue weighted by Crippen LogP contribution is 2.39. The van der Waals surface area contributed by atoms with Gasteiger partial charge in [0.1, 0.15) is 0 Å². The van der Waals surface area contributed by atoms with Crippen molar-refractivity contribution in [1.82, 2.24) is 4.90 Å². The predicted octanol–water partition coefficient (Wildman–Crippen LogP) is 1.21. The van der Waals surface area contributed by atoms with Crippen LogP contribution in [0.25, 0.3) is 0 Å². The molecule has 1 saturated carbocycles. The maximum atomic E-state index is 12.8. The zero-order valence-corrected chi connectivity index (χ0v) is 11.5. The number of aliphatic hydroxyl groups is 1. The van der Waals surface area contributed by atoms with Crippen LogP contribution in [-0.2, 0) is 4.79 Å². The molecule has 5 heteroatoms. The van der Waals surface area contributed by atoms with Gasteiger partial charge in [0.25, 0.3) is 0 Å². The molecular formula is C13H22N2O2S. The van der Waals surface area contributed by atoms with Gasteiger partial charge in [-0.15, -0.1) is 0 Å². The van der Waals surface area contributed by atoms with Crippen molar-refractivity contribution < 1.29 is 9.90 Å². The maximum Gasteiger partial charge on any atom is 0.235 e. The minimum Gasteiger partial charge on any atom is -0.394 e. The number of amides is 1. The smallest absolute Gasteiger partial charge is 0.235 e. The van der Waals surface area contributed by atoms with Gasteiger partial charge in [-0.05, 0) is 25.7 Å². The molecule has 102 valence electrons. The molecule has 0 aromatic heterocycles. The quantitative estimate of drug-likeness (QED) is 0.756. The third-order valence-electron chi connectivity index (χ3n) is 4.44. The Morgan fingerprint density at radius 3 is 2.56 bits per heavy atom. The molecule has 0 spiro atoms. The molecule has 0 aromatic rings. The molecule has 18 heavy (non-hydrogen) atoms. The monoisotopic (exact) mass is 270 g/mol. The van der Waals surface area contributed by atoms with Crippen molar-refractivity contribution in [3.63, 3.8) is 0 Å². The summed E-state index contributed by atoms with van der Waals surface area (Å²) in [5.74, 6) is 0.0613. The van der Waals surface area contributed by atoms with Crippen molar-refractivity contribution in [3.05, 3.63) is 0 Å². The summed E-state index contributed by atoms with van der Waals surface area (Å²) in [6.07, 6.45) is 6.58. The number of hydrogen-bond donors (Lipinski definition) is 2. The van der Waals surface area contributed by atoms with Gasteiger partial charge < -0.3 is 15.7 Å². The number of carbonyl (C=O) groups excluding carboxylic acids is 1. The van der Waals surface area contributed by atoms with E-state index in [-0.39, 0.29) is 18.6 Å². The summed E-state index contributed by atoms with van der Waals surface area (Å²) in [5, 5.41) is 9.35. The Balaban J connectivity index is 2.20. The van der Waals surface area contributed by atoms with Crippen molar-refractivity contribution in [1.29, 1.82) is 0 Å². The number of rotatable bonds is 3. The fraction of sp³-hybridized carbons (Fsp3) is 0.846. The summed E-state index contributed by atoms with van der Waals surface area (Å²) in [7, 11) is 0. The van der Waals surface area contributed by atoms with Crippen LogP contribution in [0.5, 0.6) is 0 Å². The van der Waals surface area contributed by atoms with Gasteiger partial charge in [0.15, 0.2) is 0 Å². The van der Waals surface area contributed by atoms with E-state index in [1.165, 1.54) is 0 Å². The Morgan fingerprint density at radius 2 is 2.00 bits per heavy atom. The normalized spacial score (nSPS) is 27.2. The molecule has 1 saturated heterocycles. The first kappa shape index (κ1) is 13.7. The molecule has 1 amide bonds. The zero-order valence-electron chi connectivity index (χ0n) is 10.7. The van der Waals surface area contributed by atoms with Gasteiger partial charge in [-0.25, -0.2) is 0 Å². The first-order valence-electron chi connectivity index (χ1n) is 6.83. The fourth-order valence-corrected chi connectivity index (χ4v) is 3.58. The molecule has 2 fully saturated rings. The maximum absolute atomic E-state index is 12.8. The average molecular weight is 270 g/mol. The Morgan fingerprint density at radius 1 is 1.33 bits per heavy atom. The summed E-state index contributed by atoms with van der Waals surface area (Å²) < 4.78 is 0. The number of nitrogens with zero attached hydrogens (tertiary/aromatic N) is 1. The lowest BCUT2D eigenvalue weighted by Gasteiger charge is -2.39. The van der Waals surface area contributed by atoms with Gasteiger partial charge in [0.2, 0.25) is 5.91 Å². The van der Waals surface area contributed by atoms with Crippen LogP contribution in [0.2, 0.25) is 0 Å². The molecule has 3 N–H and O–H groups in total. The van der Waals surface area contributed by atoms with E-state index >= 15 is 0 Å². The molecular weight excluding hydrogens is 248 g/mol. The zero-order chi connectivity index (χ0) is 13.2. The van der Waals surface area contributed by atoms with E-state index < -0.39 is 5.41 Å². The van der Waals surface area contributed by atoms with E-state index in [1.807, 2.05) is 4.90 Å². The SMILES string of the molecule is NC(=S)C1(C(=O)N2CCCC2CO)CCCCC1. The second-order valence-corrected chi connectivity index (χ2v) is 5.92. The molecule has 1 atom stereocenters. The molecule has 2 aliphatic rings. The third kappa shape index (κ3) is 2.26. The van der Waals surface area contributed by atoms with Gasteiger partial charge >= 0.3 is 0 Å². The lowest BCUT2D eigenvalue weighted by Crippen LogP contribution is -2.53. The van der Waals surface area contributed by atoms with Gasteiger partial charge in [-0.1, -0.05) is 31.5 Å². The van der Waals surface area contributed by atoms with Crippen molar-refractivity contribution in [2.45, 2.75) is 51.0 Å². The summed E-state index contributed by atoms with van der Waals surface area (Å²) in [4.78, 5) is 14.9. The van der Waals surface area contributed by atoms with Crippen LogP contribution in [0, 0.1) is 5.41 Å². The third-order valence-corrected chi connectivity index (χ3v) is 4.83. The molecule has 0 radical (unpaired) electrons. The van der Waals surface area contributed by atoms with Crippen LogP contribution >= 0.6 is 12.2 Å². The van der Waals surface area contributed by atoms with E-state index in [0.29, 0.717) is 4.99 Å². The number of aliphatic hydroxyl groups excluding tert-OH is 1. The lowest BCUT2D eigenvalue weighted by atomic mass is 9.72. The van der Waals surface area contributed by atoms with E-state index in [1.54, 1.807) is 0 Å². The van der Waals surface area contributed by atoms with Gasteiger partial charge in [-0.2, -0.15) is 0 Å². The van der Waals surface area contributed by atoms with Gasteiger partial charge in [-0.3, -0.25) is 4.79 Å². The van der Waals surface area contributed by atoms with Crippen LogP contribution in [-0.4, -0.2) is 40.1 Å². The molecule has 1 aliphatic carbocycles. The summed E-state index contributed by atoms with van der Waals surface area (Å²) in [6.45, 7) is 0.771. The van der Waals surface area contributed by atoms with Crippen LogP contribution in [0.4, 0.5) is 0 Å². The van der Waals surface area contributed by atoms with Gasteiger partial charge in [0.05, 0.1) is 23.1 Å². The Labute approximate surface area is 114 Å². The first-order chi connectivity index (χ1) is 8.62. The number of likely N-dealkylation sites (tertiary alicyclic amines) is 1. The minimum absolute atomic E-state index is 0.0364. The number of nitrogens with two attached hydrogens (primary N) is 1. The predicted molar refractivity (Wildman–Crippen MR) is 74.1 cm³/mol. The van der Waals surface area contributed by atoms with Crippen LogP contribution in [0.3, 0.4) is 0 Å². The highest BCUT2D eigenvalue weighted by molar-refractivity contribution is 7.80.